The van der Waals surface area contributed by atoms with Crippen LogP contribution in [0.1, 0.15) is 67.1 Å². The maximum absolute atomic E-state index is 13.8. The van der Waals surface area contributed by atoms with Gasteiger partial charge >= 0.3 is 5.97 Å². The zero-order chi connectivity index (χ0) is 30.5. The number of rotatable bonds is 11. The van der Waals surface area contributed by atoms with Crippen LogP contribution in [-0.4, -0.2) is 52.5 Å². The maximum atomic E-state index is 13.8. The Morgan fingerprint density at radius 3 is 2.37 bits per heavy atom. The Labute approximate surface area is 252 Å². The monoisotopic (exact) mass is 587 g/mol. The van der Waals surface area contributed by atoms with Gasteiger partial charge in [0, 0.05) is 17.4 Å². The molecular weight excluding hydrogens is 546 g/mol. The van der Waals surface area contributed by atoms with Crippen LogP contribution < -0.4 is 14.8 Å². The summed E-state index contributed by atoms with van der Waals surface area (Å²) in [5.41, 5.74) is 3.90. The van der Waals surface area contributed by atoms with E-state index in [1.165, 1.54) is 39.2 Å². The first-order chi connectivity index (χ1) is 20.8. The normalized spacial score (nSPS) is 13.7. The van der Waals surface area contributed by atoms with Gasteiger partial charge in [-0.1, -0.05) is 45.1 Å². The number of anilines is 1. The van der Waals surface area contributed by atoms with Crippen molar-refractivity contribution in [2.24, 2.45) is 5.92 Å². The molecule has 0 spiro atoms. The summed E-state index contributed by atoms with van der Waals surface area (Å²) in [7, 11) is 4.57. The van der Waals surface area contributed by atoms with Crippen LogP contribution in [0.3, 0.4) is 0 Å². The van der Waals surface area contributed by atoms with Gasteiger partial charge in [0.2, 0.25) is 5.95 Å². The quantitative estimate of drug-likeness (QED) is 0.209. The molecule has 10 nitrogen and oxygen atoms in total. The lowest BCUT2D eigenvalue weighted by atomic mass is 9.87. The molecule has 1 aliphatic carbocycles. The van der Waals surface area contributed by atoms with Gasteiger partial charge in [0.25, 0.3) is 5.91 Å². The first-order valence-electron chi connectivity index (χ1n) is 15.0. The molecule has 1 fully saturated rings. The van der Waals surface area contributed by atoms with Crippen molar-refractivity contribution in [3.05, 3.63) is 53.2 Å². The van der Waals surface area contributed by atoms with Crippen LogP contribution >= 0.6 is 0 Å². The summed E-state index contributed by atoms with van der Waals surface area (Å²) >= 11 is 0. The van der Waals surface area contributed by atoms with Crippen LogP contribution in [0.15, 0.2) is 36.4 Å². The fourth-order valence-corrected chi connectivity index (χ4v) is 6.04. The molecule has 0 saturated heterocycles. The van der Waals surface area contributed by atoms with E-state index in [0.717, 1.165) is 34.9 Å². The van der Waals surface area contributed by atoms with E-state index in [1.54, 1.807) is 24.9 Å². The fourth-order valence-electron chi connectivity index (χ4n) is 6.04. The van der Waals surface area contributed by atoms with Crippen LogP contribution in [-0.2, 0) is 29.0 Å². The number of ether oxygens (including phenoxy) is 3. The van der Waals surface area contributed by atoms with Crippen molar-refractivity contribution in [1.82, 2.24) is 19.3 Å². The average molecular weight is 588 g/mol. The predicted molar refractivity (Wildman–Crippen MR) is 166 cm³/mol. The lowest BCUT2D eigenvalue weighted by Gasteiger charge is -2.21. The van der Waals surface area contributed by atoms with Crippen molar-refractivity contribution in [3.63, 3.8) is 0 Å². The van der Waals surface area contributed by atoms with E-state index in [4.69, 9.17) is 24.3 Å². The van der Waals surface area contributed by atoms with Gasteiger partial charge in [-0.15, -0.1) is 5.10 Å². The molecule has 43 heavy (non-hydrogen) atoms. The maximum Gasteiger partial charge on any atom is 0.325 e. The Balaban J connectivity index is 1.53. The van der Waals surface area contributed by atoms with Crippen molar-refractivity contribution in [1.29, 1.82) is 0 Å². The molecule has 2 aromatic heterocycles. The minimum atomic E-state index is -0.447. The summed E-state index contributed by atoms with van der Waals surface area (Å²) in [5.74, 6) is 1.72. The van der Waals surface area contributed by atoms with Gasteiger partial charge in [0.05, 0.1) is 21.3 Å². The first-order valence-corrected chi connectivity index (χ1v) is 15.0. The zero-order valence-electron chi connectivity index (χ0n) is 25.7. The summed E-state index contributed by atoms with van der Waals surface area (Å²) < 4.78 is 19.9. The van der Waals surface area contributed by atoms with E-state index in [-0.39, 0.29) is 12.5 Å². The van der Waals surface area contributed by atoms with Gasteiger partial charge < -0.3 is 18.8 Å². The minimum absolute atomic E-state index is 0.0967. The number of methoxy groups -OCH3 is 3. The molecule has 0 aliphatic heterocycles. The molecule has 1 N–H and O–H groups in total. The molecule has 0 atom stereocenters. The Bertz CT molecular complexity index is 1590. The molecular formula is C33H41N5O5. The van der Waals surface area contributed by atoms with E-state index in [2.05, 4.69) is 12.2 Å². The van der Waals surface area contributed by atoms with E-state index in [1.807, 2.05) is 41.9 Å². The third kappa shape index (κ3) is 6.53. The summed E-state index contributed by atoms with van der Waals surface area (Å²) in [6.45, 7) is 4.60. The van der Waals surface area contributed by atoms with Crippen molar-refractivity contribution >= 4 is 28.7 Å². The molecule has 0 bridgehead atoms. The fraction of sp³-hybridized carbons (Fsp3) is 0.455. The van der Waals surface area contributed by atoms with Gasteiger partial charge in [-0.25, -0.2) is 4.68 Å². The summed E-state index contributed by atoms with van der Waals surface area (Å²) in [6, 6.07) is 11.6. The van der Waals surface area contributed by atoms with Gasteiger partial charge in [0.15, 0.2) is 5.82 Å². The summed E-state index contributed by atoms with van der Waals surface area (Å²) in [5, 5.41) is 8.53. The number of hydrogen-bond acceptors (Lipinski definition) is 7. The van der Waals surface area contributed by atoms with E-state index in [9.17, 15) is 9.59 Å². The number of aryl methyl sites for hydroxylation is 3. The number of carbonyl (C=O) groups is 2. The molecule has 5 rings (SSSR count). The highest BCUT2D eigenvalue weighted by Gasteiger charge is 2.25. The van der Waals surface area contributed by atoms with Gasteiger partial charge in [-0.3, -0.25) is 14.9 Å². The number of benzene rings is 2. The number of nitrogens with zero attached hydrogens (tertiary/aromatic N) is 4. The van der Waals surface area contributed by atoms with Crippen molar-refractivity contribution in [2.75, 3.05) is 26.6 Å². The number of aromatic nitrogens is 4. The number of amides is 1. The molecule has 4 aromatic rings. The Kier molecular flexibility index (Phi) is 9.33. The molecule has 2 aromatic carbocycles. The molecule has 1 aliphatic rings. The Hall–Kier alpha value is -4.34. The van der Waals surface area contributed by atoms with Crippen molar-refractivity contribution in [2.45, 2.75) is 71.9 Å². The molecule has 0 unspecified atom stereocenters. The van der Waals surface area contributed by atoms with E-state index in [0.29, 0.717) is 41.0 Å². The largest absolute Gasteiger partial charge is 0.496 e. The summed E-state index contributed by atoms with van der Waals surface area (Å²) in [6.07, 6.45) is 8.07. The second-order valence-electron chi connectivity index (χ2n) is 11.2. The summed E-state index contributed by atoms with van der Waals surface area (Å²) in [4.78, 5) is 30.9. The molecule has 10 heteroatoms. The first kappa shape index (κ1) is 30.1. The number of carbonyl (C=O) groups excluding carboxylic acids is 2. The topological polar surface area (TPSA) is 109 Å². The van der Waals surface area contributed by atoms with Crippen LogP contribution in [0.2, 0.25) is 0 Å². The second kappa shape index (κ2) is 13.3. The third-order valence-corrected chi connectivity index (χ3v) is 8.37. The van der Waals surface area contributed by atoms with Crippen molar-refractivity contribution in [3.8, 4) is 22.9 Å². The predicted octanol–water partition coefficient (Wildman–Crippen LogP) is 6.18. The van der Waals surface area contributed by atoms with Gasteiger partial charge in [-0.05, 0) is 67.1 Å². The number of nitrogens with one attached hydrogen (secondary N) is 1. The third-order valence-electron chi connectivity index (χ3n) is 8.37. The average Bonchev–Trinajstić information content (AvgIpc) is 3.59. The molecule has 0 radical (unpaired) electrons. The molecule has 1 saturated carbocycles. The van der Waals surface area contributed by atoms with Crippen LogP contribution in [0.4, 0.5) is 5.95 Å². The smallest absolute Gasteiger partial charge is 0.325 e. The number of fused-ring (bicyclic) bond motifs is 1. The van der Waals surface area contributed by atoms with Crippen LogP contribution in [0.25, 0.3) is 22.3 Å². The Morgan fingerprint density at radius 1 is 1.00 bits per heavy atom. The van der Waals surface area contributed by atoms with Crippen LogP contribution in [0.5, 0.6) is 11.5 Å². The van der Waals surface area contributed by atoms with E-state index >= 15 is 0 Å². The highest BCUT2D eigenvalue weighted by molar-refractivity contribution is 6.06. The number of esters is 1. The highest BCUT2D eigenvalue weighted by Crippen LogP contribution is 2.39. The van der Waals surface area contributed by atoms with E-state index < -0.39 is 11.9 Å². The zero-order valence-corrected chi connectivity index (χ0v) is 25.7. The Morgan fingerprint density at radius 2 is 1.72 bits per heavy atom. The minimum Gasteiger partial charge on any atom is -0.496 e. The lowest BCUT2D eigenvalue weighted by Crippen LogP contribution is -2.21. The standard InChI is InChI=1S/C33H41N5O5/c1-6-22-12-13-25-24(18-22)19-26(37(25)20-29(39)43-5)32(40)35-33-34-31(30-27(41-3)16-21(2)17-28(30)42-4)38(36-33)15-14-23-10-8-7-9-11-23/h12-13,16-19,23H,6-11,14-15,20H2,1-5H3,(H,35,36,40). The van der Waals surface area contributed by atoms with Gasteiger partial charge in [0.1, 0.15) is 29.3 Å². The highest BCUT2D eigenvalue weighted by atomic mass is 16.5. The molecule has 228 valence electrons. The van der Waals surface area contributed by atoms with Crippen molar-refractivity contribution < 1.29 is 23.8 Å². The van der Waals surface area contributed by atoms with Gasteiger partial charge in [-0.2, -0.15) is 4.98 Å². The number of hydrogen-bond donors (Lipinski definition) is 1. The lowest BCUT2D eigenvalue weighted by molar-refractivity contribution is -0.141. The SMILES string of the molecule is CCc1ccc2c(c1)cc(C(=O)Nc1nc(-c3c(OC)cc(C)cc3OC)n(CCC3CCCCC3)n1)n2CC(=O)OC. The second-order valence-corrected chi connectivity index (χ2v) is 11.2. The molecule has 2 heterocycles. The van der Waals surface area contributed by atoms with Crippen LogP contribution in [0, 0.1) is 12.8 Å². The molecule has 1 amide bonds.